The molecule has 0 unspecified atom stereocenters. The summed E-state index contributed by atoms with van der Waals surface area (Å²) in [7, 11) is 1.59. The quantitative estimate of drug-likeness (QED) is 0.843. The van der Waals surface area contributed by atoms with Gasteiger partial charge in [-0.05, 0) is 23.8 Å². The Hall–Kier alpha value is -2.34. The second-order valence-electron chi connectivity index (χ2n) is 3.99. The van der Waals surface area contributed by atoms with E-state index in [1.165, 1.54) is 10.7 Å². The summed E-state index contributed by atoms with van der Waals surface area (Å²) in [6.07, 6.45) is 0. The van der Waals surface area contributed by atoms with Crippen LogP contribution >= 0.6 is 0 Å². The number of benzene rings is 1. The molecule has 6 heteroatoms. The molecule has 0 aliphatic heterocycles. The van der Waals surface area contributed by atoms with Crippen LogP contribution in [-0.2, 0) is 13.2 Å². The predicted octanol–water partition coefficient (Wildman–Crippen LogP) is 1.13. The standard InChI is InChI=1S/C13H14N2O4/c1-19-11-4-2-9(3-5-11)7-15-10(8-16)6-12(14-15)13(17)18/h2-6,16H,7-8H2,1H3,(H,17,18). The Kier molecular flexibility index (Phi) is 3.82. The molecule has 0 radical (unpaired) electrons. The zero-order valence-electron chi connectivity index (χ0n) is 10.4. The number of carboxylic acids is 1. The molecule has 19 heavy (non-hydrogen) atoms. The maximum atomic E-state index is 10.8. The number of rotatable bonds is 5. The van der Waals surface area contributed by atoms with Crippen LogP contribution in [0.4, 0.5) is 0 Å². The molecule has 0 fully saturated rings. The Morgan fingerprint density at radius 3 is 2.58 bits per heavy atom. The molecular formula is C13H14N2O4. The van der Waals surface area contributed by atoms with Crippen molar-refractivity contribution in [3.63, 3.8) is 0 Å². The van der Waals surface area contributed by atoms with Gasteiger partial charge in [-0.2, -0.15) is 5.10 Å². The number of carboxylic acid groups (broad SMARTS) is 1. The molecule has 1 heterocycles. The van der Waals surface area contributed by atoms with E-state index in [-0.39, 0.29) is 12.3 Å². The number of aromatic nitrogens is 2. The van der Waals surface area contributed by atoms with E-state index in [9.17, 15) is 9.90 Å². The van der Waals surface area contributed by atoms with Crippen molar-refractivity contribution in [1.29, 1.82) is 0 Å². The van der Waals surface area contributed by atoms with Gasteiger partial charge in [-0.25, -0.2) is 4.79 Å². The van der Waals surface area contributed by atoms with E-state index >= 15 is 0 Å². The summed E-state index contributed by atoms with van der Waals surface area (Å²) < 4.78 is 6.54. The Labute approximate surface area is 109 Å². The minimum absolute atomic E-state index is 0.0717. The van der Waals surface area contributed by atoms with Crippen molar-refractivity contribution in [2.24, 2.45) is 0 Å². The molecule has 0 aliphatic carbocycles. The lowest BCUT2D eigenvalue weighted by Crippen LogP contribution is -2.07. The number of carbonyl (C=O) groups is 1. The van der Waals surface area contributed by atoms with Crippen molar-refractivity contribution in [2.75, 3.05) is 7.11 Å². The number of hydrogen-bond donors (Lipinski definition) is 2. The van der Waals surface area contributed by atoms with Crippen molar-refractivity contribution >= 4 is 5.97 Å². The van der Waals surface area contributed by atoms with Crippen LogP contribution in [0.2, 0.25) is 0 Å². The minimum atomic E-state index is -1.11. The van der Waals surface area contributed by atoms with Crippen molar-refractivity contribution in [1.82, 2.24) is 9.78 Å². The van der Waals surface area contributed by atoms with Crippen LogP contribution < -0.4 is 4.74 Å². The highest BCUT2D eigenvalue weighted by Crippen LogP contribution is 2.14. The molecule has 2 N–H and O–H groups in total. The molecule has 0 atom stereocenters. The molecule has 0 amide bonds. The van der Waals surface area contributed by atoms with Crippen LogP contribution in [0.1, 0.15) is 21.7 Å². The highest BCUT2D eigenvalue weighted by atomic mass is 16.5. The lowest BCUT2D eigenvalue weighted by Gasteiger charge is -2.06. The number of aliphatic hydroxyl groups is 1. The lowest BCUT2D eigenvalue weighted by molar-refractivity contribution is 0.0689. The highest BCUT2D eigenvalue weighted by molar-refractivity contribution is 5.85. The van der Waals surface area contributed by atoms with E-state index in [0.717, 1.165) is 11.3 Å². The summed E-state index contributed by atoms with van der Waals surface area (Å²) in [5.41, 5.74) is 1.33. The number of methoxy groups -OCH3 is 1. The first-order chi connectivity index (χ1) is 9.13. The summed E-state index contributed by atoms with van der Waals surface area (Å²) in [5, 5.41) is 22.0. The van der Waals surface area contributed by atoms with Crippen LogP contribution in [-0.4, -0.2) is 33.1 Å². The van der Waals surface area contributed by atoms with Crippen molar-refractivity contribution in [2.45, 2.75) is 13.2 Å². The van der Waals surface area contributed by atoms with E-state index < -0.39 is 5.97 Å². The van der Waals surface area contributed by atoms with Gasteiger partial charge in [0.05, 0.1) is 26.0 Å². The first-order valence-electron chi connectivity index (χ1n) is 5.68. The summed E-state index contributed by atoms with van der Waals surface area (Å²) in [6.45, 7) is 0.142. The van der Waals surface area contributed by atoms with Gasteiger partial charge in [0.1, 0.15) is 5.75 Å². The molecule has 0 bridgehead atoms. The van der Waals surface area contributed by atoms with Gasteiger partial charge >= 0.3 is 5.97 Å². The highest BCUT2D eigenvalue weighted by Gasteiger charge is 2.12. The molecule has 1 aromatic heterocycles. The van der Waals surface area contributed by atoms with Crippen molar-refractivity contribution < 1.29 is 19.7 Å². The number of aromatic carboxylic acids is 1. The van der Waals surface area contributed by atoms with Gasteiger partial charge in [-0.3, -0.25) is 4.68 Å². The third-order valence-electron chi connectivity index (χ3n) is 2.74. The maximum absolute atomic E-state index is 10.8. The molecular weight excluding hydrogens is 248 g/mol. The SMILES string of the molecule is COc1ccc(Cn2nc(C(=O)O)cc2CO)cc1. The normalized spacial score (nSPS) is 10.4. The molecule has 1 aromatic carbocycles. The zero-order valence-corrected chi connectivity index (χ0v) is 10.4. The smallest absolute Gasteiger partial charge is 0.356 e. The molecule has 0 aliphatic rings. The van der Waals surface area contributed by atoms with E-state index in [1.54, 1.807) is 7.11 Å². The fraction of sp³-hybridized carbons (Fsp3) is 0.231. The summed E-state index contributed by atoms with van der Waals surface area (Å²) in [4.78, 5) is 10.8. The third-order valence-corrected chi connectivity index (χ3v) is 2.74. The van der Waals surface area contributed by atoms with Crippen LogP contribution in [0.5, 0.6) is 5.75 Å². The molecule has 0 saturated carbocycles. The minimum Gasteiger partial charge on any atom is -0.497 e. The van der Waals surface area contributed by atoms with Gasteiger partial charge < -0.3 is 14.9 Å². The van der Waals surface area contributed by atoms with Gasteiger partial charge in [0.15, 0.2) is 5.69 Å². The van der Waals surface area contributed by atoms with Gasteiger partial charge in [0.25, 0.3) is 0 Å². The monoisotopic (exact) mass is 262 g/mol. The van der Waals surface area contributed by atoms with E-state index in [4.69, 9.17) is 9.84 Å². The molecule has 100 valence electrons. The average Bonchev–Trinajstić information content (AvgIpc) is 2.83. The second-order valence-corrected chi connectivity index (χ2v) is 3.99. The summed E-state index contributed by atoms with van der Waals surface area (Å²) in [5.74, 6) is -0.360. The van der Waals surface area contributed by atoms with E-state index in [1.807, 2.05) is 24.3 Å². The Morgan fingerprint density at radius 2 is 2.05 bits per heavy atom. The molecule has 6 nitrogen and oxygen atoms in total. The predicted molar refractivity (Wildman–Crippen MR) is 67.2 cm³/mol. The van der Waals surface area contributed by atoms with Gasteiger partial charge in [0.2, 0.25) is 0 Å². The van der Waals surface area contributed by atoms with Crippen molar-refractivity contribution in [3.05, 3.63) is 47.3 Å². The number of nitrogens with zero attached hydrogens (tertiary/aromatic N) is 2. The van der Waals surface area contributed by atoms with Gasteiger partial charge in [-0.15, -0.1) is 0 Å². The second kappa shape index (κ2) is 5.53. The Bertz CT molecular complexity index is 575. The molecule has 0 spiro atoms. The summed E-state index contributed by atoms with van der Waals surface area (Å²) in [6, 6.07) is 8.72. The maximum Gasteiger partial charge on any atom is 0.356 e. The van der Waals surface area contributed by atoms with E-state index in [0.29, 0.717) is 12.2 Å². The van der Waals surface area contributed by atoms with Gasteiger partial charge in [-0.1, -0.05) is 12.1 Å². The summed E-state index contributed by atoms with van der Waals surface area (Å²) >= 11 is 0. The lowest BCUT2D eigenvalue weighted by atomic mass is 10.2. The number of hydrogen-bond acceptors (Lipinski definition) is 4. The van der Waals surface area contributed by atoms with Crippen LogP contribution in [0.25, 0.3) is 0 Å². The van der Waals surface area contributed by atoms with Crippen molar-refractivity contribution in [3.8, 4) is 5.75 Å². The first-order valence-corrected chi connectivity index (χ1v) is 5.68. The van der Waals surface area contributed by atoms with Crippen LogP contribution in [0, 0.1) is 0 Å². The largest absolute Gasteiger partial charge is 0.497 e. The number of ether oxygens (including phenoxy) is 1. The fourth-order valence-electron chi connectivity index (χ4n) is 1.73. The Morgan fingerprint density at radius 1 is 1.37 bits per heavy atom. The molecule has 2 aromatic rings. The number of aliphatic hydroxyl groups excluding tert-OH is 1. The molecule has 0 saturated heterocycles. The fourth-order valence-corrected chi connectivity index (χ4v) is 1.73. The molecule has 2 rings (SSSR count). The third kappa shape index (κ3) is 2.92. The zero-order chi connectivity index (χ0) is 13.8. The van der Waals surface area contributed by atoms with E-state index in [2.05, 4.69) is 5.10 Å². The Balaban J connectivity index is 2.23. The van der Waals surface area contributed by atoms with Gasteiger partial charge in [0, 0.05) is 0 Å². The first kappa shape index (κ1) is 13.1. The van der Waals surface area contributed by atoms with Crippen LogP contribution in [0.15, 0.2) is 30.3 Å². The average molecular weight is 262 g/mol. The van der Waals surface area contributed by atoms with Crippen LogP contribution in [0.3, 0.4) is 0 Å². The topological polar surface area (TPSA) is 84.6 Å².